The van der Waals surface area contributed by atoms with E-state index in [9.17, 15) is 5.11 Å². The van der Waals surface area contributed by atoms with Crippen LogP contribution in [0.1, 0.15) is 16.7 Å². The third kappa shape index (κ3) is 3.21. The molecule has 118 valence electrons. The van der Waals surface area contributed by atoms with E-state index < -0.39 is 0 Å². The lowest BCUT2D eigenvalue weighted by Gasteiger charge is -2.15. The summed E-state index contributed by atoms with van der Waals surface area (Å²) in [7, 11) is 3.22. The van der Waals surface area contributed by atoms with Crippen LogP contribution >= 0.6 is 0 Å². The molecule has 1 heterocycles. The van der Waals surface area contributed by atoms with Crippen molar-refractivity contribution in [3.05, 3.63) is 59.2 Å². The molecule has 2 aromatic rings. The Morgan fingerprint density at radius 3 is 2.70 bits per heavy atom. The number of ether oxygens (including phenoxy) is 2. The second-order valence-corrected chi connectivity index (χ2v) is 5.30. The molecule has 0 atom stereocenters. The number of phenolic OH excluding ortho intramolecular Hbond substituents is 1. The first-order valence-corrected chi connectivity index (χ1v) is 7.48. The van der Waals surface area contributed by atoms with Gasteiger partial charge in [0.05, 0.1) is 19.9 Å². The molecule has 0 aromatic heterocycles. The first-order valence-electron chi connectivity index (χ1n) is 7.48. The molecule has 0 spiro atoms. The summed E-state index contributed by atoms with van der Waals surface area (Å²) in [5, 5.41) is 9.65. The first kappa shape index (κ1) is 15.2. The van der Waals surface area contributed by atoms with E-state index in [-0.39, 0.29) is 5.75 Å². The highest BCUT2D eigenvalue weighted by atomic mass is 16.5. The molecule has 1 aliphatic rings. The second kappa shape index (κ2) is 6.57. The van der Waals surface area contributed by atoms with Crippen LogP contribution in [0.15, 0.2) is 47.5 Å². The van der Waals surface area contributed by atoms with E-state index in [1.165, 1.54) is 12.7 Å². The number of aliphatic imine (C=N–C) groups is 1. The molecule has 23 heavy (non-hydrogen) atoms. The fraction of sp³-hybridized carbons (Fsp3) is 0.211. The molecule has 0 unspecified atom stereocenters. The van der Waals surface area contributed by atoms with Crippen molar-refractivity contribution in [1.82, 2.24) is 0 Å². The molecule has 3 rings (SSSR count). The highest BCUT2D eigenvalue weighted by Gasteiger charge is 2.12. The van der Waals surface area contributed by atoms with Crippen LogP contribution in [0.2, 0.25) is 0 Å². The van der Waals surface area contributed by atoms with Crippen LogP contribution < -0.4 is 9.47 Å². The maximum atomic E-state index is 9.65. The highest BCUT2D eigenvalue weighted by molar-refractivity contribution is 6.12. The SMILES string of the molecule is COc1ccc2c(c1)CCN=C2/C=C/c1ccc(O)c(OC)c1. The largest absolute Gasteiger partial charge is 0.504 e. The van der Waals surface area contributed by atoms with E-state index in [4.69, 9.17) is 9.47 Å². The predicted molar refractivity (Wildman–Crippen MR) is 91.8 cm³/mol. The minimum atomic E-state index is 0.136. The van der Waals surface area contributed by atoms with Crippen LogP contribution in [0.4, 0.5) is 0 Å². The van der Waals surface area contributed by atoms with Crippen LogP contribution in [-0.4, -0.2) is 31.6 Å². The van der Waals surface area contributed by atoms with Crippen LogP contribution in [0.5, 0.6) is 17.2 Å². The van der Waals surface area contributed by atoms with Gasteiger partial charge in [-0.15, -0.1) is 0 Å². The molecule has 0 aliphatic carbocycles. The lowest BCUT2D eigenvalue weighted by Crippen LogP contribution is -2.10. The quantitative estimate of drug-likeness (QED) is 0.941. The molecule has 0 saturated carbocycles. The number of benzene rings is 2. The summed E-state index contributed by atoms with van der Waals surface area (Å²) < 4.78 is 10.4. The topological polar surface area (TPSA) is 51.0 Å². The van der Waals surface area contributed by atoms with Gasteiger partial charge >= 0.3 is 0 Å². The van der Waals surface area contributed by atoms with Crippen molar-refractivity contribution < 1.29 is 14.6 Å². The number of allylic oxidation sites excluding steroid dienone is 1. The van der Waals surface area contributed by atoms with Gasteiger partial charge in [-0.3, -0.25) is 4.99 Å². The molecular formula is C19H19NO3. The smallest absolute Gasteiger partial charge is 0.161 e. The maximum Gasteiger partial charge on any atom is 0.161 e. The van der Waals surface area contributed by atoms with Gasteiger partial charge in [0, 0.05) is 12.1 Å². The van der Waals surface area contributed by atoms with Gasteiger partial charge in [-0.1, -0.05) is 12.1 Å². The van der Waals surface area contributed by atoms with Gasteiger partial charge in [0.25, 0.3) is 0 Å². The van der Waals surface area contributed by atoms with E-state index >= 15 is 0 Å². The van der Waals surface area contributed by atoms with Crippen molar-refractivity contribution in [2.24, 2.45) is 4.99 Å². The maximum absolute atomic E-state index is 9.65. The summed E-state index contributed by atoms with van der Waals surface area (Å²) in [6.07, 6.45) is 4.90. The number of nitrogens with zero attached hydrogens (tertiary/aromatic N) is 1. The van der Waals surface area contributed by atoms with Gasteiger partial charge in [0.15, 0.2) is 11.5 Å². The van der Waals surface area contributed by atoms with Crippen LogP contribution in [0.3, 0.4) is 0 Å². The highest BCUT2D eigenvalue weighted by Crippen LogP contribution is 2.27. The lowest BCUT2D eigenvalue weighted by molar-refractivity contribution is 0.373. The third-order valence-electron chi connectivity index (χ3n) is 3.89. The Labute approximate surface area is 135 Å². The van der Waals surface area contributed by atoms with E-state index in [1.54, 1.807) is 19.2 Å². The molecule has 0 amide bonds. The summed E-state index contributed by atoms with van der Waals surface area (Å²) in [4.78, 5) is 4.61. The first-order chi connectivity index (χ1) is 11.2. The third-order valence-corrected chi connectivity index (χ3v) is 3.89. The Balaban J connectivity index is 1.88. The van der Waals surface area contributed by atoms with Crippen LogP contribution in [-0.2, 0) is 6.42 Å². The molecule has 4 heteroatoms. The number of hydrogen-bond donors (Lipinski definition) is 1. The van der Waals surface area contributed by atoms with E-state index in [0.29, 0.717) is 5.75 Å². The summed E-state index contributed by atoms with van der Waals surface area (Å²) in [6, 6.07) is 11.3. The Morgan fingerprint density at radius 2 is 1.91 bits per heavy atom. The molecule has 0 radical (unpaired) electrons. The standard InChI is InChI=1S/C19H19NO3/c1-22-15-5-6-16-14(12-15)9-10-20-17(16)7-3-13-4-8-18(21)19(11-13)23-2/h3-8,11-12,21H,9-10H2,1-2H3/b7-3+. The van der Waals surface area contributed by atoms with Gasteiger partial charge in [-0.25, -0.2) is 0 Å². The zero-order valence-corrected chi connectivity index (χ0v) is 13.2. The van der Waals surface area contributed by atoms with Crippen molar-refractivity contribution in [1.29, 1.82) is 0 Å². The summed E-state index contributed by atoms with van der Waals surface area (Å²) in [5.41, 5.74) is 4.30. The Morgan fingerprint density at radius 1 is 1.04 bits per heavy atom. The molecule has 1 N–H and O–H groups in total. The molecule has 1 aliphatic heterocycles. The van der Waals surface area contributed by atoms with Crippen molar-refractivity contribution in [3.63, 3.8) is 0 Å². The number of fused-ring (bicyclic) bond motifs is 1. The molecular weight excluding hydrogens is 290 g/mol. The molecule has 0 bridgehead atoms. The average Bonchev–Trinajstić information content (AvgIpc) is 2.60. The molecule has 0 saturated heterocycles. The Hall–Kier alpha value is -2.75. The summed E-state index contributed by atoms with van der Waals surface area (Å²) >= 11 is 0. The minimum Gasteiger partial charge on any atom is -0.504 e. The van der Waals surface area contributed by atoms with Crippen molar-refractivity contribution >= 4 is 11.8 Å². The van der Waals surface area contributed by atoms with Crippen LogP contribution in [0.25, 0.3) is 6.08 Å². The number of phenols is 1. The predicted octanol–water partition coefficient (Wildman–Crippen LogP) is 3.47. The average molecular weight is 309 g/mol. The Bertz CT molecular complexity index is 778. The summed E-state index contributed by atoms with van der Waals surface area (Å²) in [6.45, 7) is 0.777. The zero-order valence-electron chi connectivity index (χ0n) is 13.2. The number of aromatic hydroxyl groups is 1. The van der Waals surface area contributed by atoms with Crippen molar-refractivity contribution in [2.45, 2.75) is 6.42 Å². The number of hydrogen-bond acceptors (Lipinski definition) is 4. The minimum absolute atomic E-state index is 0.136. The molecule has 0 fully saturated rings. The number of methoxy groups -OCH3 is 2. The van der Waals surface area contributed by atoms with E-state index in [1.807, 2.05) is 30.4 Å². The van der Waals surface area contributed by atoms with E-state index in [2.05, 4.69) is 11.1 Å². The lowest BCUT2D eigenvalue weighted by atomic mass is 9.96. The molecule has 2 aromatic carbocycles. The second-order valence-electron chi connectivity index (χ2n) is 5.30. The van der Waals surface area contributed by atoms with Gasteiger partial charge in [0.1, 0.15) is 5.75 Å². The van der Waals surface area contributed by atoms with Gasteiger partial charge < -0.3 is 14.6 Å². The number of rotatable bonds is 4. The molecule has 4 nitrogen and oxygen atoms in total. The van der Waals surface area contributed by atoms with Crippen molar-refractivity contribution in [3.8, 4) is 17.2 Å². The van der Waals surface area contributed by atoms with Gasteiger partial charge in [-0.2, -0.15) is 0 Å². The Kier molecular flexibility index (Phi) is 4.33. The van der Waals surface area contributed by atoms with Crippen molar-refractivity contribution in [2.75, 3.05) is 20.8 Å². The van der Waals surface area contributed by atoms with E-state index in [0.717, 1.165) is 35.6 Å². The zero-order chi connectivity index (χ0) is 16.2. The summed E-state index contributed by atoms with van der Waals surface area (Å²) in [5.74, 6) is 1.47. The fourth-order valence-corrected chi connectivity index (χ4v) is 2.65. The van der Waals surface area contributed by atoms with Gasteiger partial charge in [0.2, 0.25) is 0 Å². The van der Waals surface area contributed by atoms with Gasteiger partial charge in [-0.05, 0) is 54.0 Å². The van der Waals surface area contributed by atoms with Crippen LogP contribution in [0, 0.1) is 0 Å². The fourth-order valence-electron chi connectivity index (χ4n) is 2.65. The normalized spacial score (nSPS) is 13.6. The monoisotopic (exact) mass is 309 g/mol.